The molecule has 9 nitrogen and oxygen atoms in total. The number of nitrogens with one attached hydrogen (secondary N) is 1. The molecule has 192 valence electrons. The van der Waals surface area contributed by atoms with Crippen molar-refractivity contribution >= 4 is 22.5 Å². The highest BCUT2D eigenvalue weighted by Gasteiger charge is 2.30. The summed E-state index contributed by atoms with van der Waals surface area (Å²) in [5.74, 6) is 1.09. The maximum atomic E-state index is 9.49. The predicted octanol–water partition coefficient (Wildman–Crippen LogP) is 2.35. The van der Waals surface area contributed by atoms with Crippen LogP contribution >= 0.6 is 0 Å². The van der Waals surface area contributed by atoms with Crippen molar-refractivity contribution in [2.45, 2.75) is 45.1 Å². The molecule has 0 saturated carbocycles. The number of fused-ring (bicyclic) bond motifs is 2. The molecule has 6 rings (SSSR count). The predicted molar refractivity (Wildman–Crippen MR) is 144 cm³/mol. The summed E-state index contributed by atoms with van der Waals surface area (Å²) in [6, 6.07) is 8.90. The average Bonchev–Trinajstić information content (AvgIpc) is 2.92. The fourth-order valence-electron chi connectivity index (χ4n) is 5.90. The van der Waals surface area contributed by atoms with Crippen molar-refractivity contribution in [3.8, 4) is 6.07 Å². The Kier molecular flexibility index (Phi) is 6.63. The van der Waals surface area contributed by atoms with Gasteiger partial charge in [0.05, 0.1) is 23.5 Å². The molecule has 0 amide bonds. The van der Waals surface area contributed by atoms with Crippen molar-refractivity contribution in [2.24, 2.45) is 0 Å². The molecule has 3 atom stereocenters. The molecular formula is C28H34N8O. The molecule has 0 bridgehead atoms. The highest BCUT2D eigenvalue weighted by atomic mass is 16.5. The number of ether oxygens (including phenoxy) is 1. The fourth-order valence-corrected chi connectivity index (χ4v) is 5.90. The smallest absolute Gasteiger partial charge is 0.128 e. The number of nitriles is 1. The van der Waals surface area contributed by atoms with Crippen LogP contribution in [0.2, 0.25) is 0 Å². The summed E-state index contributed by atoms with van der Waals surface area (Å²) in [6.07, 6.45) is 6.69. The third-order valence-corrected chi connectivity index (χ3v) is 7.78. The van der Waals surface area contributed by atoms with Crippen LogP contribution in [0.4, 0.5) is 11.5 Å². The Morgan fingerprint density at radius 3 is 2.62 bits per heavy atom. The van der Waals surface area contributed by atoms with Crippen LogP contribution in [0.5, 0.6) is 0 Å². The number of anilines is 2. The molecule has 1 aromatic carbocycles. The summed E-state index contributed by atoms with van der Waals surface area (Å²) in [7, 11) is 0. The van der Waals surface area contributed by atoms with Crippen molar-refractivity contribution in [1.82, 2.24) is 25.2 Å². The zero-order valence-corrected chi connectivity index (χ0v) is 21.6. The van der Waals surface area contributed by atoms with Crippen LogP contribution in [-0.2, 0) is 17.7 Å². The number of rotatable bonds is 4. The van der Waals surface area contributed by atoms with Crippen molar-refractivity contribution < 1.29 is 4.74 Å². The van der Waals surface area contributed by atoms with E-state index in [9.17, 15) is 5.26 Å². The van der Waals surface area contributed by atoms with E-state index in [4.69, 9.17) is 9.72 Å². The third kappa shape index (κ3) is 4.97. The molecule has 0 unspecified atom stereocenters. The van der Waals surface area contributed by atoms with Gasteiger partial charge in [-0.2, -0.15) is 5.26 Å². The standard InChI is InChI=1S/C28H34N8O/c1-19-11-22-15-33-26(12-23(22)14-32-19)35-9-7-34(8-10-35)17-24-18-36(16-20(2)37-24)25-4-3-21(13-29)27-28(25)31-6-5-30-27/h3-6,12,15,19-20,24,32H,7-11,14,16-18H2,1-2H3/t19-,20+,24-/m0/s1. The number of benzene rings is 1. The zero-order valence-electron chi connectivity index (χ0n) is 21.6. The Hall–Kier alpha value is -3.32. The topological polar surface area (TPSA) is 93.4 Å². The minimum atomic E-state index is 0.104. The van der Waals surface area contributed by atoms with Crippen LogP contribution in [0.15, 0.2) is 36.8 Å². The van der Waals surface area contributed by atoms with Crippen LogP contribution in [0.25, 0.3) is 11.0 Å². The van der Waals surface area contributed by atoms with E-state index in [1.165, 1.54) is 11.1 Å². The van der Waals surface area contributed by atoms with E-state index in [1.807, 2.05) is 12.1 Å². The first-order chi connectivity index (χ1) is 18.1. The molecule has 3 aliphatic rings. The van der Waals surface area contributed by atoms with Crippen molar-refractivity contribution in [2.75, 3.05) is 55.6 Å². The quantitative estimate of drug-likeness (QED) is 0.582. The normalized spacial score (nSPS) is 24.6. The van der Waals surface area contributed by atoms with Gasteiger partial charge >= 0.3 is 0 Å². The molecule has 2 aromatic heterocycles. The van der Waals surface area contributed by atoms with E-state index in [1.54, 1.807) is 12.4 Å². The minimum Gasteiger partial charge on any atom is -0.370 e. The summed E-state index contributed by atoms with van der Waals surface area (Å²) >= 11 is 0. The van der Waals surface area contributed by atoms with E-state index >= 15 is 0 Å². The third-order valence-electron chi connectivity index (χ3n) is 7.78. The van der Waals surface area contributed by atoms with Crippen LogP contribution in [0.1, 0.15) is 30.5 Å². The van der Waals surface area contributed by atoms with Crippen LogP contribution < -0.4 is 15.1 Å². The van der Waals surface area contributed by atoms with Gasteiger partial charge in [0.25, 0.3) is 0 Å². The number of morpholine rings is 1. The van der Waals surface area contributed by atoms with Gasteiger partial charge in [-0.3, -0.25) is 14.9 Å². The molecule has 37 heavy (non-hydrogen) atoms. The number of hydrogen-bond donors (Lipinski definition) is 1. The molecule has 9 heteroatoms. The van der Waals surface area contributed by atoms with Crippen LogP contribution in [0.3, 0.4) is 0 Å². The highest BCUT2D eigenvalue weighted by molar-refractivity contribution is 5.92. The molecule has 3 aliphatic heterocycles. The molecule has 1 N–H and O–H groups in total. The lowest BCUT2D eigenvalue weighted by Gasteiger charge is -2.42. The number of piperazine rings is 1. The SMILES string of the molecule is C[C@@H]1CN(c2ccc(C#N)c3nccnc23)C[C@H](CN2CCN(c3cc4c(cn3)C[C@H](C)NC4)CC2)O1. The Bertz CT molecular complexity index is 1320. The largest absolute Gasteiger partial charge is 0.370 e. The van der Waals surface area contributed by atoms with E-state index in [0.29, 0.717) is 17.1 Å². The lowest BCUT2D eigenvalue weighted by Crippen LogP contribution is -2.54. The van der Waals surface area contributed by atoms with Gasteiger partial charge in [-0.1, -0.05) is 0 Å². The second kappa shape index (κ2) is 10.2. The summed E-state index contributed by atoms with van der Waals surface area (Å²) in [6.45, 7) is 11.7. The number of hydrogen-bond acceptors (Lipinski definition) is 9. The first-order valence-corrected chi connectivity index (χ1v) is 13.3. The van der Waals surface area contributed by atoms with Gasteiger partial charge in [0.2, 0.25) is 0 Å². The Balaban J connectivity index is 1.10. The van der Waals surface area contributed by atoms with E-state index in [2.05, 4.69) is 62.2 Å². The Morgan fingerprint density at radius 1 is 1.00 bits per heavy atom. The second-order valence-corrected chi connectivity index (χ2v) is 10.6. The van der Waals surface area contributed by atoms with Gasteiger partial charge in [0.1, 0.15) is 22.9 Å². The zero-order chi connectivity index (χ0) is 25.4. The van der Waals surface area contributed by atoms with Crippen molar-refractivity contribution in [1.29, 1.82) is 5.26 Å². The molecule has 2 saturated heterocycles. The van der Waals surface area contributed by atoms with Gasteiger partial charge in [-0.25, -0.2) is 4.98 Å². The number of nitrogens with zero attached hydrogens (tertiary/aromatic N) is 7. The van der Waals surface area contributed by atoms with Crippen LogP contribution in [-0.4, -0.2) is 83.9 Å². The summed E-state index contributed by atoms with van der Waals surface area (Å²) in [4.78, 5) is 21.1. The molecule has 0 aliphatic carbocycles. The van der Waals surface area contributed by atoms with Gasteiger partial charge in [-0.15, -0.1) is 0 Å². The highest BCUT2D eigenvalue weighted by Crippen LogP contribution is 2.29. The Morgan fingerprint density at radius 2 is 1.81 bits per heavy atom. The number of pyridine rings is 1. The van der Waals surface area contributed by atoms with Crippen molar-refractivity contribution in [3.05, 3.63) is 53.5 Å². The molecule has 0 radical (unpaired) electrons. The molecule has 2 fully saturated rings. The first kappa shape index (κ1) is 24.0. The van der Waals surface area contributed by atoms with E-state index in [-0.39, 0.29) is 12.2 Å². The first-order valence-electron chi connectivity index (χ1n) is 13.3. The summed E-state index contributed by atoms with van der Waals surface area (Å²) in [5, 5.41) is 13.1. The van der Waals surface area contributed by atoms with E-state index < -0.39 is 0 Å². The van der Waals surface area contributed by atoms with Crippen molar-refractivity contribution in [3.63, 3.8) is 0 Å². The van der Waals surface area contributed by atoms with Gasteiger partial charge in [0.15, 0.2) is 0 Å². The average molecular weight is 499 g/mol. The summed E-state index contributed by atoms with van der Waals surface area (Å²) in [5.41, 5.74) is 5.79. The van der Waals surface area contributed by atoms with Gasteiger partial charge < -0.3 is 19.9 Å². The van der Waals surface area contributed by atoms with Gasteiger partial charge in [0, 0.05) is 77.0 Å². The number of aromatic nitrogens is 3. The Labute approximate surface area is 218 Å². The maximum absolute atomic E-state index is 9.49. The molecule has 3 aromatic rings. The maximum Gasteiger partial charge on any atom is 0.128 e. The molecule has 5 heterocycles. The minimum absolute atomic E-state index is 0.104. The van der Waals surface area contributed by atoms with E-state index in [0.717, 1.165) is 75.8 Å². The lowest BCUT2D eigenvalue weighted by atomic mass is 9.98. The lowest BCUT2D eigenvalue weighted by molar-refractivity contribution is -0.0327. The summed E-state index contributed by atoms with van der Waals surface area (Å²) < 4.78 is 6.38. The molecular weight excluding hydrogens is 464 g/mol. The fraction of sp³-hybridized carbons (Fsp3) is 0.500. The van der Waals surface area contributed by atoms with Crippen LogP contribution in [0, 0.1) is 11.3 Å². The molecule has 0 spiro atoms. The monoisotopic (exact) mass is 498 g/mol. The van der Waals surface area contributed by atoms with Gasteiger partial charge in [-0.05, 0) is 49.6 Å². The second-order valence-electron chi connectivity index (χ2n) is 10.6.